The number of aryl methyl sites for hydroxylation is 1. The molecule has 0 fully saturated rings. The highest BCUT2D eigenvalue weighted by Crippen LogP contribution is 2.21. The third-order valence-corrected chi connectivity index (χ3v) is 2.92. The summed E-state index contributed by atoms with van der Waals surface area (Å²) in [7, 11) is 0. The number of esters is 1. The maximum Gasteiger partial charge on any atom is 0.408 e. The maximum absolute atomic E-state index is 12.4. The minimum absolute atomic E-state index is 0.0739. The van der Waals surface area contributed by atoms with Gasteiger partial charge in [-0.1, -0.05) is 19.1 Å². The highest BCUT2D eigenvalue weighted by Gasteiger charge is 2.30. The molecule has 0 N–H and O–H groups in total. The fraction of sp³-hybridized carbons (Fsp3) is 0.571. The Morgan fingerprint density at radius 2 is 2.00 bits per heavy atom. The predicted molar refractivity (Wildman–Crippen MR) is 71.9 cm³/mol. The van der Waals surface area contributed by atoms with Crippen LogP contribution in [-0.2, 0) is 22.5 Å². The number of rotatable bonds is 6. The van der Waals surface area contributed by atoms with Gasteiger partial charge in [-0.05, 0) is 20.3 Å². The molecule has 1 aromatic heterocycles. The summed E-state index contributed by atoms with van der Waals surface area (Å²) in [6.45, 7) is 4.07. The lowest BCUT2D eigenvalue weighted by Gasteiger charge is -2.08. The van der Waals surface area contributed by atoms with Crippen molar-refractivity contribution in [1.29, 1.82) is 0 Å². The molecule has 0 radical (unpaired) electrons. The van der Waals surface area contributed by atoms with Crippen LogP contribution in [0.15, 0.2) is 12.2 Å². The van der Waals surface area contributed by atoms with Crippen molar-refractivity contribution in [2.24, 2.45) is 0 Å². The molecule has 7 heteroatoms. The molecule has 21 heavy (non-hydrogen) atoms. The summed E-state index contributed by atoms with van der Waals surface area (Å²) in [6.07, 6.45) is 0.0250. The first kappa shape index (κ1) is 17.3. The molecule has 1 heterocycles. The van der Waals surface area contributed by atoms with Gasteiger partial charge < -0.3 is 4.74 Å². The number of ether oxygens (including phenoxy) is 1. The van der Waals surface area contributed by atoms with Gasteiger partial charge in [0.05, 0.1) is 12.1 Å². The van der Waals surface area contributed by atoms with Gasteiger partial charge in [-0.15, -0.1) is 0 Å². The van der Waals surface area contributed by atoms with Crippen LogP contribution in [0.25, 0.3) is 0 Å². The van der Waals surface area contributed by atoms with E-state index in [4.69, 9.17) is 4.74 Å². The van der Waals surface area contributed by atoms with E-state index >= 15 is 0 Å². The number of nitrogens with zero attached hydrogens (tertiary/aromatic N) is 2. The molecular formula is C14H19F3N2O2. The summed E-state index contributed by atoms with van der Waals surface area (Å²) in [4.78, 5) is 11.7. The second-order valence-electron chi connectivity index (χ2n) is 4.66. The summed E-state index contributed by atoms with van der Waals surface area (Å²) in [6, 6.07) is 0. The van der Waals surface area contributed by atoms with Crippen LogP contribution < -0.4 is 0 Å². The molecular weight excluding hydrogens is 285 g/mol. The Bertz CT molecular complexity index is 519. The average Bonchev–Trinajstić information content (AvgIpc) is 2.60. The molecule has 0 saturated heterocycles. The van der Waals surface area contributed by atoms with Gasteiger partial charge in [-0.3, -0.25) is 9.48 Å². The standard InChI is InChI=1S/C14H19F3N2O2/c1-4-5-6-7-21-13(20)8-12-10(2)18-19(11(12)3)9-14(15,16)17/h5-6H,4,7-9H2,1-3H3. The van der Waals surface area contributed by atoms with Crippen LogP contribution in [0.2, 0.25) is 0 Å². The Kier molecular flexibility index (Phi) is 5.99. The van der Waals surface area contributed by atoms with Crippen LogP contribution in [0.3, 0.4) is 0 Å². The third kappa shape index (κ3) is 5.61. The topological polar surface area (TPSA) is 44.1 Å². The van der Waals surface area contributed by atoms with Crippen molar-refractivity contribution in [2.45, 2.75) is 46.3 Å². The summed E-state index contributed by atoms with van der Waals surface area (Å²) < 4.78 is 43.1. The molecule has 1 aromatic rings. The summed E-state index contributed by atoms with van der Waals surface area (Å²) >= 11 is 0. The first-order valence-corrected chi connectivity index (χ1v) is 6.64. The fourth-order valence-corrected chi connectivity index (χ4v) is 1.88. The van der Waals surface area contributed by atoms with Crippen molar-refractivity contribution in [3.63, 3.8) is 0 Å². The molecule has 0 atom stereocenters. The van der Waals surface area contributed by atoms with Gasteiger partial charge in [0.15, 0.2) is 0 Å². The zero-order chi connectivity index (χ0) is 16.0. The zero-order valence-electron chi connectivity index (χ0n) is 12.3. The second kappa shape index (κ2) is 7.28. The lowest BCUT2D eigenvalue weighted by Crippen LogP contribution is -2.19. The van der Waals surface area contributed by atoms with Crippen LogP contribution in [0.1, 0.15) is 30.3 Å². The molecule has 0 aliphatic heterocycles. The Hall–Kier alpha value is -1.79. The zero-order valence-corrected chi connectivity index (χ0v) is 12.3. The molecule has 0 saturated carbocycles. The molecule has 0 spiro atoms. The van der Waals surface area contributed by atoms with E-state index in [9.17, 15) is 18.0 Å². The molecule has 4 nitrogen and oxygen atoms in total. The van der Waals surface area contributed by atoms with Crippen LogP contribution in [-0.4, -0.2) is 28.5 Å². The minimum Gasteiger partial charge on any atom is -0.461 e. The smallest absolute Gasteiger partial charge is 0.408 e. The van der Waals surface area contributed by atoms with Crippen molar-refractivity contribution >= 4 is 5.97 Å². The minimum atomic E-state index is -4.34. The number of halogens is 3. The fourth-order valence-electron chi connectivity index (χ4n) is 1.88. The van der Waals surface area contributed by atoms with E-state index in [1.165, 1.54) is 6.92 Å². The third-order valence-electron chi connectivity index (χ3n) is 2.92. The summed E-state index contributed by atoms with van der Waals surface area (Å²) in [5.74, 6) is -0.478. The quantitative estimate of drug-likeness (QED) is 0.599. The molecule has 118 valence electrons. The first-order valence-electron chi connectivity index (χ1n) is 6.64. The maximum atomic E-state index is 12.4. The molecule has 0 amide bonds. The van der Waals surface area contributed by atoms with Crippen LogP contribution >= 0.6 is 0 Å². The SMILES string of the molecule is CCC=CCOC(=O)Cc1c(C)nn(CC(F)(F)F)c1C. The van der Waals surface area contributed by atoms with E-state index in [1.54, 1.807) is 13.0 Å². The number of carbonyl (C=O) groups excluding carboxylic acids is 1. The van der Waals surface area contributed by atoms with E-state index in [1.807, 2.05) is 13.0 Å². The Balaban J connectivity index is 2.71. The van der Waals surface area contributed by atoms with Crippen molar-refractivity contribution in [3.05, 3.63) is 29.1 Å². The number of hydrogen-bond acceptors (Lipinski definition) is 3. The highest BCUT2D eigenvalue weighted by molar-refractivity contribution is 5.73. The van der Waals surface area contributed by atoms with Crippen LogP contribution in [0, 0.1) is 13.8 Å². The Morgan fingerprint density at radius 1 is 1.33 bits per heavy atom. The van der Waals surface area contributed by atoms with Gasteiger partial charge in [0, 0.05) is 11.3 Å². The normalized spacial score (nSPS) is 12.1. The average molecular weight is 304 g/mol. The lowest BCUT2D eigenvalue weighted by atomic mass is 10.1. The van der Waals surface area contributed by atoms with E-state index in [0.29, 0.717) is 17.0 Å². The van der Waals surface area contributed by atoms with Crippen molar-refractivity contribution in [2.75, 3.05) is 6.61 Å². The first-order chi connectivity index (χ1) is 9.74. The van der Waals surface area contributed by atoms with E-state index in [0.717, 1.165) is 11.1 Å². The largest absolute Gasteiger partial charge is 0.461 e. The monoisotopic (exact) mass is 304 g/mol. The number of allylic oxidation sites excluding steroid dienone is 1. The molecule has 0 unspecified atom stereocenters. The highest BCUT2D eigenvalue weighted by atomic mass is 19.4. The van der Waals surface area contributed by atoms with Crippen molar-refractivity contribution in [1.82, 2.24) is 9.78 Å². The Morgan fingerprint density at radius 3 is 2.57 bits per heavy atom. The number of alkyl halides is 3. The van der Waals surface area contributed by atoms with Gasteiger partial charge >= 0.3 is 12.1 Å². The lowest BCUT2D eigenvalue weighted by molar-refractivity contribution is -0.143. The number of carbonyl (C=O) groups is 1. The second-order valence-corrected chi connectivity index (χ2v) is 4.66. The van der Waals surface area contributed by atoms with Crippen molar-refractivity contribution in [3.8, 4) is 0 Å². The summed E-state index contributed by atoms with van der Waals surface area (Å²) in [5.41, 5.74) is 1.24. The van der Waals surface area contributed by atoms with E-state index in [2.05, 4.69) is 5.10 Å². The molecule has 0 aliphatic rings. The van der Waals surface area contributed by atoms with Crippen LogP contribution in [0.5, 0.6) is 0 Å². The molecule has 1 rings (SSSR count). The van der Waals surface area contributed by atoms with Gasteiger partial charge in [0.2, 0.25) is 0 Å². The predicted octanol–water partition coefficient (Wildman–Crippen LogP) is 3.11. The molecule has 0 aromatic carbocycles. The number of hydrogen-bond donors (Lipinski definition) is 0. The van der Waals surface area contributed by atoms with Gasteiger partial charge in [-0.2, -0.15) is 18.3 Å². The number of aromatic nitrogens is 2. The van der Waals surface area contributed by atoms with Crippen LogP contribution in [0.4, 0.5) is 13.2 Å². The molecule has 0 bridgehead atoms. The van der Waals surface area contributed by atoms with E-state index < -0.39 is 18.7 Å². The molecule has 0 aliphatic carbocycles. The van der Waals surface area contributed by atoms with Gasteiger partial charge in [-0.25, -0.2) is 0 Å². The summed E-state index contributed by atoms with van der Waals surface area (Å²) in [5, 5.41) is 3.83. The van der Waals surface area contributed by atoms with Gasteiger partial charge in [0.1, 0.15) is 13.2 Å². The van der Waals surface area contributed by atoms with E-state index in [-0.39, 0.29) is 13.0 Å². The van der Waals surface area contributed by atoms with Gasteiger partial charge in [0.25, 0.3) is 0 Å². The van der Waals surface area contributed by atoms with Crippen molar-refractivity contribution < 1.29 is 22.7 Å². The Labute approximate surface area is 121 Å².